The summed E-state index contributed by atoms with van der Waals surface area (Å²) in [6, 6.07) is 11.0. The summed E-state index contributed by atoms with van der Waals surface area (Å²) in [4.78, 5) is 14.8. The molecule has 146 valence electrons. The van der Waals surface area contributed by atoms with Gasteiger partial charge in [0.05, 0.1) is 0 Å². The number of esters is 1. The van der Waals surface area contributed by atoms with Gasteiger partial charge in [-0.25, -0.2) is 0 Å². The van der Waals surface area contributed by atoms with Crippen LogP contribution >= 0.6 is 0 Å². The molecule has 3 nitrogen and oxygen atoms in total. The Hall–Kier alpha value is -2.21. The van der Waals surface area contributed by atoms with E-state index in [4.69, 9.17) is 4.74 Å². The van der Waals surface area contributed by atoms with Crippen LogP contribution in [0.1, 0.15) is 67.6 Å². The second-order valence-corrected chi connectivity index (χ2v) is 10.2. The number of aromatic hydroxyl groups is 1. The molecule has 2 aromatic carbocycles. The van der Waals surface area contributed by atoms with E-state index >= 15 is 0 Å². The predicted octanol–water partition coefficient (Wildman–Crippen LogP) is 3.87. The zero-order chi connectivity index (χ0) is 20.5. The SMILES string of the molecule is COC(=O)c1ccc(C#C[Se]c2c(O)ccc3c2C(C)(C)CCC3(C)C)cc1. The molecule has 0 bridgehead atoms. The Bertz CT molecular complexity index is 960. The maximum absolute atomic E-state index is 11.5. The Balaban J connectivity index is 1.93. The van der Waals surface area contributed by atoms with Gasteiger partial charge in [0, 0.05) is 0 Å². The van der Waals surface area contributed by atoms with Gasteiger partial charge in [0.15, 0.2) is 0 Å². The molecule has 3 rings (SSSR count). The second kappa shape index (κ2) is 7.66. The topological polar surface area (TPSA) is 46.5 Å². The van der Waals surface area contributed by atoms with Gasteiger partial charge in [-0.05, 0) is 0 Å². The monoisotopic (exact) mass is 442 g/mol. The fourth-order valence-corrected chi connectivity index (χ4v) is 5.69. The third-order valence-corrected chi connectivity index (χ3v) is 7.30. The van der Waals surface area contributed by atoms with Crippen LogP contribution in [0.3, 0.4) is 0 Å². The van der Waals surface area contributed by atoms with Gasteiger partial charge < -0.3 is 0 Å². The van der Waals surface area contributed by atoms with Crippen LogP contribution in [-0.4, -0.2) is 33.1 Å². The average Bonchev–Trinajstić information content (AvgIpc) is 2.66. The van der Waals surface area contributed by atoms with Gasteiger partial charge in [-0.3, -0.25) is 0 Å². The number of hydrogen-bond donors (Lipinski definition) is 1. The van der Waals surface area contributed by atoms with Crippen molar-refractivity contribution in [3.63, 3.8) is 0 Å². The molecule has 0 amide bonds. The molecule has 2 aromatic rings. The number of rotatable bonds is 2. The Morgan fingerprint density at radius 3 is 2.32 bits per heavy atom. The van der Waals surface area contributed by atoms with Crippen LogP contribution in [0.25, 0.3) is 0 Å². The summed E-state index contributed by atoms with van der Waals surface area (Å²) in [5, 5.41) is 10.6. The first-order valence-corrected chi connectivity index (χ1v) is 11.1. The van der Waals surface area contributed by atoms with Gasteiger partial charge in [0.25, 0.3) is 0 Å². The minimum absolute atomic E-state index is 0.0323. The second-order valence-electron chi connectivity index (χ2n) is 8.50. The van der Waals surface area contributed by atoms with Crippen LogP contribution in [0.2, 0.25) is 0 Å². The number of benzene rings is 2. The summed E-state index contributed by atoms with van der Waals surface area (Å²) in [6.07, 6.45) is 2.24. The van der Waals surface area contributed by atoms with E-state index in [0.29, 0.717) is 11.3 Å². The van der Waals surface area contributed by atoms with Gasteiger partial charge in [-0.2, -0.15) is 0 Å². The third-order valence-electron chi connectivity index (χ3n) is 5.57. The molecule has 0 spiro atoms. The summed E-state index contributed by atoms with van der Waals surface area (Å²) >= 11 is -0.166. The van der Waals surface area contributed by atoms with Crippen LogP contribution in [0, 0.1) is 10.7 Å². The average molecular weight is 441 g/mol. The van der Waals surface area contributed by atoms with Gasteiger partial charge >= 0.3 is 174 Å². The molecular formula is C24H26O3Se. The van der Waals surface area contributed by atoms with E-state index in [0.717, 1.165) is 22.9 Å². The Kier molecular flexibility index (Phi) is 5.62. The summed E-state index contributed by atoms with van der Waals surface area (Å²) in [7, 11) is 1.37. The van der Waals surface area contributed by atoms with Crippen LogP contribution in [-0.2, 0) is 15.6 Å². The van der Waals surface area contributed by atoms with E-state index in [-0.39, 0.29) is 31.8 Å². The van der Waals surface area contributed by atoms with Crippen molar-refractivity contribution in [2.75, 3.05) is 7.11 Å². The number of fused-ring (bicyclic) bond motifs is 1. The van der Waals surface area contributed by atoms with E-state index in [1.165, 1.54) is 18.2 Å². The minimum atomic E-state index is -0.352. The Morgan fingerprint density at radius 1 is 1.04 bits per heavy atom. The molecule has 0 atom stereocenters. The van der Waals surface area contributed by atoms with Crippen molar-refractivity contribution in [1.29, 1.82) is 0 Å². The molecule has 1 N–H and O–H groups in total. The third kappa shape index (κ3) is 3.97. The number of methoxy groups -OCH3 is 1. The quantitative estimate of drug-likeness (QED) is 0.437. The normalized spacial score (nSPS) is 16.5. The van der Waals surface area contributed by atoms with E-state index in [2.05, 4.69) is 44.5 Å². The van der Waals surface area contributed by atoms with Crippen LogP contribution < -0.4 is 4.46 Å². The van der Waals surface area contributed by atoms with E-state index in [1.54, 1.807) is 12.1 Å². The zero-order valence-corrected chi connectivity index (χ0v) is 18.8. The number of ether oxygens (including phenoxy) is 1. The molecule has 0 saturated carbocycles. The molecular weight excluding hydrogens is 415 g/mol. The molecule has 1 aliphatic carbocycles. The van der Waals surface area contributed by atoms with Gasteiger partial charge in [-0.15, -0.1) is 0 Å². The summed E-state index contributed by atoms with van der Waals surface area (Å²) in [6.45, 7) is 9.09. The fourth-order valence-electron chi connectivity index (χ4n) is 3.74. The molecule has 0 aliphatic heterocycles. The number of carbonyl (C=O) groups is 1. The molecule has 1 aliphatic rings. The van der Waals surface area contributed by atoms with Crippen LogP contribution in [0.5, 0.6) is 5.75 Å². The molecule has 0 heterocycles. The molecule has 0 radical (unpaired) electrons. The number of hydrogen-bond acceptors (Lipinski definition) is 3. The molecule has 0 saturated heterocycles. The van der Waals surface area contributed by atoms with Crippen LogP contribution in [0.4, 0.5) is 0 Å². The molecule has 28 heavy (non-hydrogen) atoms. The van der Waals surface area contributed by atoms with Crippen molar-refractivity contribution < 1.29 is 14.6 Å². The standard InChI is InChI=1S/C24H26O3Se/c1-23(2)13-14-24(3,4)20-18(23)10-11-19(25)21(20)28-15-12-16-6-8-17(9-7-16)22(26)27-5/h6-11,25H,13-14H2,1-5H3. The number of phenols is 1. The van der Waals surface area contributed by atoms with Crippen molar-refractivity contribution in [3.8, 4) is 16.5 Å². The van der Waals surface area contributed by atoms with Crippen molar-refractivity contribution in [3.05, 3.63) is 58.7 Å². The molecule has 0 aromatic heterocycles. The predicted molar refractivity (Wildman–Crippen MR) is 113 cm³/mol. The number of carbonyl (C=O) groups excluding carboxylic acids is 1. The Labute approximate surface area is 173 Å². The summed E-state index contributed by atoms with van der Waals surface area (Å²) in [5.74, 6) is 3.17. The first-order valence-electron chi connectivity index (χ1n) is 9.39. The van der Waals surface area contributed by atoms with Crippen molar-refractivity contribution >= 4 is 25.4 Å². The van der Waals surface area contributed by atoms with E-state index in [9.17, 15) is 9.90 Å². The summed E-state index contributed by atoms with van der Waals surface area (Å²) < 4.78 is 5.72. The molecule has 0 fully saturated rings. The van der Waals surface area contributed by atoms with Gasteiger partial charge in [0.1, 0.15) is 0 Å². The van der Waals surface area contributed by atoms with Crippen molar-refractivity contribution in [2.45, 2.75) is 51.4 Å². The van der Waals surface area contributed by atoms with E-state index < -0.39 is 0 Å². The first kappa shape index (κ1) is 20.5. The van der Waals surface area contributed by atoms with Gasteiger partial charge in [0.2, 0.25) is 0 Å². The van der Waals surface area contributed by atoms with Crippen molar-refractivity contribution in [1.82, 2.24) is 0 Å². The van der Waals surface area contributed by atoms with Gasteiger partial charge in [-0.1, -0.05) is 0 Å². The number of phenolic OH excluding ortho intramolecular Hbond substituents is 1. The fraction of sp³-hybridized carbons (Fsp3) is 0.375. The molecule has 0 unspecified atom stereocenters. The maximum atomic E-state index is 11.5. The zero-order valence-electron chi connectivity index (χ0n) is 17.1. The van der Waals surface area contributed by atoms with Crippen LogP contribution in [0.15, 0.2) is 36.4 Å². The first-order chi connectivity index (χ1) is 13.2. The molecule has 4 heteroatoms. The Morgan fingerprint density at radius 2 is 1.68 bits per heavy atom. The van der Waals surface area contributed by atoms with E-state index in [1.807, 2.05) is 18.2 Å². The van der Waals surface area contributed by atoms with Crippen molar-refractivity contribution in [2.24, 2.45) is 0 Å². The summed E-state index contributed by atoms with van der Waals surface area (Å²) in [5.41, 5.74) is 4.11.